The number of halogens is 3. The zero-order valence-electron chi connectivity index (χ0n) is 14.0. The van der Waals surface area contributed by atoms with E-state index in [9.17, 15) is 22.8 Å². The normalized spacial score (nSPS) is 20.0. The summed E-state index contributed by atoms with van der Waals surface area (Å²) in [5.74, 6) is 0.0252. The van der Waals surface area contributed by atoms with E-state index in [-0.39, 0.29) is 49.3 Å². The standard InChI is InChI=1S/C15H18F3N5O3/c1-9-6-11(15(16,17)18)21-12(20-9)2-3-19-13(24)22-4-5-23-10(7-22)8-26-14(23)25/h6,10H,2-5,7-8H2,1H3,(H,19,24)/t10-/m1/s1. The maximum atomic E-state index is 12.8. The molecule has 11 heteroatoms. The maximum Gasteiger partial charge on any atom is 0.433 e. The number of hydrogen-bond donors (Lipinski definition) is 1. The number of fused-ring (bicyclic) bond motifs is 1. The zero-order valence-corrected chi connectivity index (χ0v) is 14.0. The van der Waals surface area contributed by atoms with Gasteiger partial charge in [-0.1, -0.05) is 0 Å². The van der Waals surface area contributed by atoms with E-state index in [2.05, 4.69) is 15.3 Å². The van der Waals surface area contributed by atoms with Gasteiger partial charge in [-0.3, -0.25) is 4.90 Å². The van der Waals surface area contributed by atoms with Crippen LogP contribution >= 0.6 is 0 Å². The molecule has 3 heterocycles. The van der Waals surface area contributed by atoms with E-state index >= 15 is 0 Å². The summed E-state index contributed by atoms with van der Waals surface area (Å²) < 4.78 is 43.2. The van der Waals surface area contributed by atoms with Gasteiger partial charge in [0.2, 0.25) is 0 Å². The molecule has 0 unspecified atom stereocenters. The Hall–Kier alpha value is -2.59. The molecule has 0 saturated carbocycles. The smallest absolute Gasteiger partial charge is 0.433 e. The van der Waals surface area contributed by atoms with Crippen LogP contribution < -0.4 is 5.32 Å². The molecule has 8 nitrogen and oxygen atoms in total. The first kappa shape index (κ1) is 18.2. The predicted octanol–water partition coefficient (Wildman–Crippen LogP) is 1.19. The van der Waals surface area contributed by atoms with E-state index in [1.165, 1.54) is 6.92 Å². The van der Waals surface area contributed by atoms with Crippen LogP contribution in [0.25, 0.3) is 0 Å². The first-order valence-electron chi connectivity index (χ1n) is 8.12. The van der Waals surface area contributed by atoms with Crippen molar-refractivity contribution in [2.75, 3.05) is 32.8 Å². The van der Waals surface area contributed by atoms with Crippen molar-refractivity contribution in [2.45, 2.75) is 25.6 Å². The third-order valence-electron chi connectivity index (χ3n) is 4.22. The van der Waals surface area contributed by atoms with Crippen LogP contribution in [0.4, 0.5) is 22.8 Å². The van der Waals surface area contributed by atoms with Crippen molar-refractivity contribution >= 4 is 12.1 Å². The summed E-state index contributed by atoms with van der Waals surface area (Å²) >= 11 is 0. The molecule has 2 aliphatic heterocycles. The Bertz CT molecular complexity index is 712. The van der Waals surface area contributed by atoms with E-state index in [0.717, 1.165) is 6.07 Å². The summed E-state index contributed by atoms with van der Waals surface area (Å²) in [6.45, 7) is 2.95. The lowest BCUT2D eigenvalue weighted by Gasteiger charge is -2.35. The Morgan fingerprint density at radius 3 is 2.88 bits per heavy atom. The predicted molar refractivity (Wildman–Crippen MR) is 82.3 cm³/mol. The molecular weight excluding hydrogens is 355 g/mol. The summed E-state index contributed by atoms with van der Waals surface area (Å²) in [6.07, 6.45) is -4.82. The van der Waals surface area contributed by atoms with Crippen molar-refractivity contribution in [1.82, 2.24) is 25.1 Å². The zero-order chi connectivity index (χ0) is 18.9. The number of cyclic esters (lactones) is 1. The van der Waals surface area contributed by atoms with Crippen LogP contribution in [0.2, 0.25) is 0 Å². The SMILES string of the molecule is Cc1cc(C(F)(F)F)nc(CCNC(=O)N2CCN3C(=O)OC[C@H]3C2)n1. The van der Waals surface area contributed by atoms with Crippen LogP contribution in [0, 0.1) is 6.92 Å². The lowest BCUT2D eigenvalue weighted by Crippen LogP contribution is -2.56. The minimum atomic E-state index is -4.54. The second kappa shape index (κ2) is 6.96. The fourth-order valence-electron chi connectivity index (χ4n) is 2.95. The molecule has 2 aliphatic rings. The lowest BCUT2D eigenvalue weighted by atomic mass is 10.2. The summed E-state index contributed by atoms with van der Waals surface area (Å²) in [5, 5.41) is 2.65. The second-order valence-electron chi connectivity index (χ2n) is 6.16. The van der Waals surface area contributed by atoms with Crippen LogP contribution in [-0.4, -0.2) is 70.7 Å². The molecular formula is C15H18F3N5O3. The number of hydrogen-bond acceptors (Lipinski definition) is 5. The van der Waals surface area contributed by atoms with E-state index in [0.29, 0.717) is 19.6 Å². The first-order chi connectivity index (χ1) is 12.2. The number of urea groups is 1. The third kappa shape index (κ3) is 3.97. The van der Waals surface area contributed by atoms with E-state index < -0.39 is 11.9 Å². The Morgan fingerprint density at radius 1 is 1.38 bits per heavy atom. The molecule has 0 radical (unpaired) electrons. The van der Waals surface area contributed by atoms with Crippen molar-refractivity contribution in [1.29, 1.82) is 0 Å². The minimum absolute atomic E-state index is 0.0252. The molecule has 1 atom stereocenters. The van der Waals surface area contributed by atoms with Crippen molar-refractivity contribution in [3.05, 3.63) is 23.3 Å². The molecule has 26 heavy (non-hydrogen) atoms. The number of alkyl halides is 3. The van der Waals surface area contributed by atoms with Gasteiger partial charge in [0.15, 0.2) is 0 Å². The monoisotopic (exact) mass is 373 g/mol. The molecule has 0 bridgehead atoms. The highest BCUT2D eigenvalue weighted by Gasteiger charge is 2.38. The number of ether oxygens (including phenoxy) is 1. The summed E-state index contributed by atoms with van der Waals surface area (Å²) in [6, 6.07) is 0.385. The van der Waals surface area contributed by atoms with Gasteiger partial charge in [-0.25, -0.2) is 19.6 Å². The average Bonchev–Trinajstić information content (AvgIpc) is 2.94. The Morgan fingerprint density at radius 2 is 2.15 bits per heavy atom. The molecule has 0 aromatic carbocycles. The Kier molecular flexibility index (Phi) is 4.88. The fourth-order valence-corrected chi connectivity index (χ4v) is 2.95. The summed E-state index contributed by atoms with van der Waals surface area (Å²) in [4.78, 5) is 34.3. The van der Waals surface area contributed by atoms with Crippen LogP contribution in [-0.2, 0) is 17.3 Å². The lowest BCUT2D eigenvalue weighted by molar-refractivity contribution is -0.141. The van der Waals surface area contributed by atoms with Crippen LogP contribution in [0.15, 0.2) is 6.07 Å². The van der Waals surface area contributed by atoms with Crippen LogP contribution in [0.5, 0.6) is 0 Å². The number of carbonyl (C=O) groups is 2. The molecule has 2 saturated heterocycles. The van der Waals surface area contributed by atoms with Crippen molar-refractivity contribution in [3.8, 4) is 0 Å². The number of carbonyl (C=O) groups excluding carboxylic acids is 2. The molecule has 142 valence electrons. The van der Waals surface area contributed by atoms with E-state index in [1.54, 1.807) is 9.80 Å². The van der Waals surface area contributed by atoms with E-state index in [1.807, 2.05) is 0 Å². The first-order valence-corrected chi connectivity index (χ1v) is 8.12. The molecule has 0 spiro atoms. The molecule has 2 fully saturated rings. The summed E-state index contributed by atoms with van der Waals surface area (Å²) in [7, 11) is 0. The van der Waals surface area contributed by atoms with Gasteiger partial charge in [-0.15, -0.1) is 0 Å². The van der Waals surface area contributed by atoms with Crippen molar-refractivity contribution < 1.29 is 27.5 Å². The summed E-state index contributed by atoms with van der Waals surface area (Å²) in [5.41, 5.74) is -0.774. The largest absolute Gasteiger partial charge is 0.447 e. The number of nitrogens with one attached hydrogen (secondary N) is 1. The molecule has 0 aliphatic carbocycles. The second-order valence-corrected chi connectivity index (χ2v) is 6.16. The van der Waals surface area contributed by atoms with Gasteiger partial charge in [-0.05, 0) is 13.0 Å². The minimum Gasteiger partial charge on any atom is -0.447 e. The van der Waals surface area contributed by atoms with Crippen LogP contribution in [0.1, 0.15) is 17.2 Å². The topological polar surface area (TPSA) is 87.7 Å². The highest BCUT2D eigenvalue weighted by atomic mass is 19.4. The number of piperazine rings is 1. The fraction of sp³-hybridized carbons (Fsp3) is 0.600. The Labute approximate surface area is 147 Å². The number of aromatic nitrogens is 2. The molecule has 1 N–H and O–H groups in total. The van der Waals surface area contributed by atoms with Gasteiger partial charge in [0.1, 0.15) is 18.1 Å². The van der Waals surface area contributed by atoms with Crippen molar-refractivity contribution in [3.63, 3.8) is 0 Å². The van der Waals surface area contributed by atoms with Crippen molar-refractivity contribution in [2.24, 2.45) is 0 Å². The van der Waals surface area contributed by atoms with Gasteiger partial charge in [-0.2, -0.15) is 13.2 Å². The Balaban J connectivity index is 1.51. The molecule has 1 aromatic rings. The third-order valence-corrected chi connectivity index (χ3v) is 4.22. The molecule has 1 aromatic heterocycles. The quantitative estimate of drug-likeness (QED) is 0.860. The van der Waals surface area contributed by atoms with Gasteiger partial charge in [0, 0.05) is 38.3 Å². The highest BCUT2D eigenvalue weighted by molar-refractivity contribution is 5.75. The number of nitrogens with zero attached hydrogens (tertiary/aromatic N) is 4. The maximum absolute atomic E-state index is 12.8. The van der Waals surface area contributed by atoms with Crippen LogP contribution in [0.3, 0.4) is 0 Å². The van der Waals surface area contributed by atoms with E-state index in [4.69, 9.17) is 4.74 Å². The van der Waals surface area contributed by atoms with Gasteiger partial charge < -0.3 is 15.0 Å². The van der Waals surface area contributed by atoms with Gasteiger partial charge in [0.05, 0.1) is 6.04 Å². The van der Waals surface area contributed by atoms with Gasteiger partial charge >= 0.3 is 18.3 Å². The highest BCUT2D eigenvalue weighted by Crippen LogP contribution is 2.27. The number of amides is 3. The number of aryl methyl sites for hydroxylation is 1. The average molecular weight is 373 g/mol. The molecule has 3 rings (SSSR count). The van der Waals surface area contributed by atoms with Gasteiger partial charge in [0.25, 0.3) is 0 Å². The number of rotatable bonds is 3. The molecule has 3 amide bonds.